The van der Waals surface area contributed by atoms with Gasteiger partial charge in [-0.15, -0.1) is 0 Å². The van der Waals surface area contributed by atoms with Crippen LogP contribution in [0.5, 0.6) is 0 Å². The maximum atomic E-state index is 13.0. The third-order valence-corrected chi connectivity index (χ3v) is 4.40. The van der Waals surface area contributed by atoms with E-state index in [1.54, 1.807) is 25.3 Å². The molecule has 2 N–H and O–H groups in total. The first-order valence-electron chi connectivity index (χ1n) is 8.32. The summed E-state index contributed by atoms with van der Waals surface area (Å²) in [5.74, 6) is -0.750. The molecule has 27 heavy (non-hydrogen) atoms. The second-order valence-electron chi connectivity index (χ2n) is 5.95. The van der Waals surface area contributed by atoms with Crippen molar-refractivity contribution in [3.8, 4) is 0 Å². The minimum Gasteiger partial charge on any atom is -0.385 e. The lowest BCUT2D eigenvalue weighted by Crippen LogP contribution is -2.23. The molecule has 1 aromatic heterocycles. The van der Waals surface area contributed by atoms with E-state index in [0.717, 1.165) is 0 Å². The van der Waals surface area contributed by atoms with Gasteiger partial charge in [-0.1, -0.05) is 0 Å². The van der Waals surface area contributed by atoms with Crippen molar-refractivity contribution >= 4 is 34.7 Å². The standard InChI is InChI=1S/C19H18FN3O3S/c1-26-10-2-9-23-18(25)15-8-3-12(11-16(15)22-19(23)27)17(24)21-14-6-4-13(20)5-7-14/h3-8,11H,2,9-10H2,1H3,(H,21,24)(H,22,27). The van der Waals surface area contributed by atoms with Gasteiger partial charge in [0.25, 0.3) is 11.5 Å². The number of hydrogen-bond donors (Lipinski definition) is 2. The van der Waals surface area contributed by atoms with Gasteiger partial charge in [0, 0.05) is 31.5 Å². The highest BCUT2D eigenvalue weighted by molar-refractivity contribution is 7.71. The van der Waals surface area contributed by atoms with Gasteiger partial charge in [-0.05, 0) is 61.1 Å². The number of aromatic nitrogens is 2. The molecule has 0 fully saturated rings. The number of hydrogen-bond acceptors (Lipinski definition) is 4. The molecule has 0 saturated heterocycles. The molecular formula is C19H18FN3O3S. The molecule has 140 valence electrons. The van der Waals surface area contributed by atoms with E-state index >= 15 is 0 Å². The molecule has 0 saturated carbocycles. The number of nitrogens with zero attached hydrogens (tertiary/aromatic N) is 1. The molecule has 1 amide bonds. The van der Waals surface area contributed by atoms with Crippen LogP contribution in [0.4, 0.5) is 10.1 Å². The molecule has 0 spiro atoms. The van der Waals surface area contributed by atoms with E-state index in [1.165, 1.54) is 28.8 Å². The Kier molecular flexibility index (Phi) is 5.78. The van der Waals surface area contributed by atoms with Crippen molar-refractivity contribution < 1.29 is 13.9 Å². The summed E-state index contributed by atoms with van der Waals surface area (Å²) in [4.78, 5) is 28.1. The zero-order chi connectivity index (χ0) is 19.4. The smallest absolute Gasteiger partial charge is 0.262 e. The number of aromatic amines is 1. The summed E-state index contributed by atoms with van der Waals surface area (Å²) in [6.45, 7) is 0.979. The first-order valence-corrected chi connectivity index (χ1v) is 8.73. The first-order chi connectivity index (χ1) is 13.0. The highest BCUT2D eigenvalue weighted by Crippen LogP contribution is 2.14. The van der Waals surface area contributed by atoms with Crippen LogP contribution in [0.1, 0.15) is 16.8 Å². The average molecular weight is 387 g/mol. The number of nitrogens with one attached hydrogen (secondary N) is 2. The molecule has 3 rings (SSSR count). The lowest BCUT2D eigenvalue weighted by Gasteiger charge is -2.09. The van der Waals surface area contributed by atoms with E-state index in [0.29, 0.717) is 46.5 Å². The minimum atomic E-state index is -0.381. The molecule has 0 unspecified atom stereocenters. The summed E-state index contributed by atoms with van der Waals surface area (Å²) in [5, 5.41) is 3.13. The molecule has 0 aliphatic rings. The van der Waals surface area contributed by atoms with Crippen molar-refractivity contribution in [1.82, 2.24) is 9.55 Å². The second kappa shape index (κ2) is 8.24. The van der Waals surface area contributed by atoms with Crippen molar-refractivity contribution in [1.29, 1.82) is 0 Å². The van der Waals surface area contributed by atoms with Crippen LogP contribution in [-0.4, -0.2) is 29.2 Å². The number of H-pyrrole nitrogens is 1. The molecule has 0 radical (unpaired) electrons. The monoisotopic (exact) mass is 387 g/mol. The number of ether oxygens (including phenoxy) is 1. The van der Waals surface area contributed by atoms with Gasteiger partial charge in [0.1, 0.15) is 5.82 Å². The zero-order valence-corrected chi connectivity index (χ0v) is 15.4. The van der Waals surface area contributed by atoms with E-state index in [1.807, 2.05) is 0 Å². The number of rotatable bonds is 6. The summed E-state index contributed by atoms with van der Waals surface area (Å²) >= 11 is 5.27. The predicted octanol–water partition coefficient (Wildman–Crippen LogP) is 3.49. The molecule has 6 nitrogen and oxygen atoms in total. The first kappa shape index (κ1) is 18.9. The highest BCUT2D eigenvalue weighted by atomic mass is 32.1. The highest BCUT2D eigenvalue weighted by Gasteiger charge is 2.11. The van der Waals surface area contributed by atoms with Crippen LogP contribution in [0.15, 0.2) is 47.3 Å². The third kappa shape index (κ3) is 4.29. The van der Waals surface area contributed by atoms with Crippen LogP contribution < -0.4 is 10.9 Å². The molecule has 3 aromatic rings. The van der Waals surface area contributed by atoms with E-state index in [4.69, 9.17) is 17.0 Å². The predicted molar refractivity (Wildman–Crippen MR) is 104 cm³/mol. The summed E-state index contributed by atoms with van der Waals surface area (Å²) in [5.41, 5.74) is 1.10. The van der Waals surface area contributed by atoms with E-state index in [2.05, 4.69) is 10.3 Å². The maximum Gasteiger partial charge on any atom is 0.262 e. The van der Waals surface area contributed by atoms with Crippen molar-refractivity contribution in [2.24, 2.45) is 0 Å². The molecule has 0 aliphatic heterocycles. The second-order valence-corrected chi connectivity index (χ2v) is 6.34. The Morgan fingerprint density at radius 2 is 2.00 bits per heavy atom. The number of anilines is 1. The molecular weight excluding hydrogens is 369 g/mol. The topological polar surface area (TPSA) is 76.1 Å². The van der Waals surface area contributed by atoms with Gasteiger partial charge in [-0.2, -0.15) is 0 Å². The van der Waals surface area contributed by atoms with Crippen LogP contribution in [0.2, 0.25) is 0 Å². The van der Waals surface area contributed by atoms with Crippen LogP contribution >= 0.6 is 12.2 Å². The van der Waals surface area contributed by atoms with Gasteiger partial charge in [0.2, 0.25) is 0 Å². The molecule has 8 heteroatoms. The Morgan fingerprint density at radius 1 is 1.26 bits per heavy atom. The van der Waals surface area contributed by atoms with Crippen molar-refractivity contribution in [2.45, 2.75) is 13.0 Å². The van der Waals surface area contributed by atoms with Crippen molar-refractivity contribution in [3.05, 3.63) is 69.0 Å². The van der Waals surface area contributed by atoms with Crippen LogP contribution in [-0.2, 0) is 11.3 Å². The average Bonchev–Trinajstić information content (AvgIpc) is 2.66. The zero-order valence-electron chi connectivity index (χ0n) is 14.6. The summed E-state index contributed by atoms with van der Waals surface area (Å²) in [6, 6.07) is 10.2. The largest absolute Gasteiger partial charge is 0.385 e. The third-order valence-electron chi connectivity index (χ3n) is 4.08. The number of carbonyl (C=O) groups excluding carboxylic acids is 1. The normalized spacial score (nSPS) is 10.9. The fourth-order valence-corrected chi connectivity index (χ4v) is 2.99. The number of benzene rings is 2. The molecule has 0 bridgehead atoms. The van der Waals surface area contributed by atoms with E-state index < -0.39 is 0 Å². The van der Waals surface area contributed by atoms with Crippen LogP contribution in [0.3, 0.4) is 0 Å². The van der Waals surface area contributed by atoms with Gasteiger partial charge in [0.15, 0.2) is 4.77 Å². The maximum absolute atomic E-state index is 13.0. The summed E-state index contributed by atoms with van der Waals surface area (Å²) in [6.07, 6.45) is 0.664. The van der Waals surface area contributed by atoms with Crippen LogP contribution in [0, 0.1) is 10.6 Å². The van der Waals surface area contributed by atoms with Gasteiger partial charge in [0.05, 0.1) is 10.9 Å². The number of methoxy groups -OCH3 is 1. The molecule has 2 aromatic carbocycles. The Hall–Kier alpha value is -2.84. The Morgan fingerprint density at radius 3 is 2.70 bits per heavy atom. The van der Waals surface area contributed by atoms with Crippen molar-refractivity contribution in [3.63, 3.8) is 0 Å². The Balaban J connectivity index is 1.90. The van der Waals surface area contributed by atoms with Gasteiger partial charge < -0.3 is 15.0 Å². The minimum absolute atomic E-state index is 0.213. The fraction of sp³-hybridized carbons (Fsp3) is 0.211. The number of carbonyl (C=O) groups is 1. The molecule has 1 heterocycles. The van der Waals surface area contributed by atoms with Crippen LogP contribution in [0.25, 0.3) is 10.9 Å². The van der Waals surface area contributed by atoms with Crippen molar-refractivity contribution in [2.75, 3.05) is 19.0 Å². The molecule has 0 atom stereocenters. The fourth-order valence-electron chi connectivity index (χ4n) is 2.70. The lowest BCUT2D eigenvalue weighted by molar-refractivity contribution is 0.102. The SMILES string of the molecule is COCCCn1c(=S)[nH]c2cc(C(=O)Nc3ccc(F)cc3)ccc2c1=O. The number of halogens is 1. The van der Waals surface area contributed by atoms with Gasteiger partial charge in [-0.3, -0.25) is 14.2 Å². The summed E-state index contributed by atoms with van der Waals surface area (Å²) in [7, 11) is 1.60. The molecule has 0 aliphatic carbocycles. The van der Waals surface area contributed by atoms with Gasteiger partial charge >= 0.3 is 0 Å². The Labute approximate surface area is 159 Å². The van der Waals surface area contributed by atoms with E-state index in [9.17, 15) is 14.0 Å². The van der Waals surface area contributed by atoms with E-state index in [-0.39, 0.29) is 17.3 Å². The van der Waals surface area contributed by atoms with Gasteiger partial charge in [-0.25, -0.2) is 4.39 Å². The lowest BCUT2D eigenvalue weighted by atomic mass is 10.1. The Bertz CT molecular complexity index is 1090. The summed E-state index contributed by atoms with van der Waals surface area (Å²) < 4.78 is 19.7. The number of fused-ring (bicyclic) bond motifs is 1. The number of amides is 1. The quantitative estimate of drug-likeness (QED) is 0.501.